The van der Waals surface area contributed by atoms with Crippen molar-refractivity contribution in [1.82, 2.24) is 5.43 Å². The maximum absolute atomic E-state index is 12.2. The zero-order valence-electron chi connectivity index (χ0n) is 13.1. The summed E-state index contributed by atoms with van der Waals surface area (Å²) in [5.41, 5.74) is 5.32. The largest absolute Gasteiger partial charge is 0.508 e. The monoisotopic (exact) mass is 386 g/mol. The topological polar surface area (TPSA) is 74.8 Å². The van der Waals surface area contributed by atoms with Gasteiger partial charge in [0, 0.05) is 9.86 Å². The molecule has 3 aromatic rings. The zero-order valence-corrected chi connectivity index (χ0v) is 14.7. The van der Waals surface area contributed by atoms with Crippen LogP contribution in [0, 0.1) is 6.92 Å². The summed E-state index contributed by atoms with van der Waals surface area (Å²) in [6.07, 6.45) is 0. The van der Waals surface area contributed by atoms with Crippen LogP contribution in [0.15, 0.2) is 56.5 Å². The average Bonchev–Trinajstić information content (AvgIpc) is 2.98. The Bertz CT molecular complexity index is 960. The highest BCUT2D eigenvalue weighted by Gasteiger charge is 2.12. The van der Waals surface area contributed by atoms with Crippen LogP contribution in [0.1, 0.15) is 28.6 Å². The molecule has 0 spiro atoms. The lowest BCUT2D eigenvalue weighted by atomic mass is 10.1. The van der Waals surface area contributed by atoms with E-state index >= 15 is 0 Å². The minimum absolute atomic E-state index is 0.196. The molecule has 6 heteroatoms. The molecule has 0 bridgehead atoms. The van der Waals surface area contributed by atoms with Crippen LogP contribution in [-0.2, 0) is 0 Å². The van der Waals surface area contributed by atoms with E-state index in [9.17, 15) is 9.90 Å². The summed E-state index contributed by atoms with van der Waals surface area (Å²) in [6.45, 7) is 3.58. The summed E-state index contributed by atoms with van der Waals surface area (Å²) < 4.78 is 6.44. The Morgan fingerprint density at radius 1 is 1.21 bits per heavy atom. The van der Waals surface area contributed by atoms with Gasteiger partial charge in [-0.1, -0.05) is 15.9 Å². The van der Waals surface area contributed by atoms with E-state index in [1.165, 1.54) is 0 Å². The normalized spacial score (nSPS) is 11.7. The average molecular weight is 387 g/mol. The standard InChI is InChI=1S/C18H15BrN2O3/c1-10-7-12(3-5-15(10)22)11(2)20-21-18(23)17-9-13-8-14(19)4-6-16(13)24-17/h3-9,22H,1-2H3,(H,21,23). The minimum Gasteiger partial charge on any atom is -0.508 e. The quantitative estimate of drug-likeness (QED) is 0.518. The van der Waals surface area contributed by atoms with Crippen molar-refractivity contribution in [3.63, 3.8) is 0 Å². The number of aryl methyl sites for hydroxylation is 1. The number of hydrogen-bond donors (Lipinski definition) is 2. The first-order valence-corrected chi connectivity index (χ1v) is 8.07. The summed E-state index contributed by atoms with van der Waals surface area (Å²) in [6, 6.07) is 12.3. The van der Waals surface area contributed by atoms with Crippen LogP contribution in [-0.4, -0.2) is 16.7 Å². The molecule has 0 aliphatic heterocycles. The zero-order chi connectivity index (χ0) is 17.3. The molecule has 2 aromatic carbocycles. The van der Waals surface area contributed by atoms with Crippen molar-refractivity contribution in [2.45, 2.75) is 13.8 Å². The van der Waals surface area contributed by atoms with Crippen LogP contribution in [0.4, 0.5) is 0 Å². The Labute approximate surface area is 147 Å². The lowest BCUT2D eigenvalue weighted by molar-refractivity contribution is 0.0929. The van der Waals surface area contributed by atoms with E-state index in [0.717, 1.165) is 21.0 Å². The van der Waals surface area contributed by atoms with Gasteiger partial charge in [-0.15, -0.1) is 0 Å². The van der Waals surface area contributed by atoms with Gasteiger partial charge in [0.15, 0.2) is 5.76 Å². The second-order valence-corrected chi connectivity index (χ2v) is 6.35. The van der Waals surface area contributed by atoms with E-state index in [1.807, 2.05) is 12.1 Å². The Balaban J connectivity index is 1.78. The summed E-state index contributed by atoms with van der Waals surface area (Å²) in [7, 11) is 0. The van der Waals surface area contributed by atoms with Crippen LogP contribution in [0.2, 0.25) is 0 Å². The molecule has 2 N–H and O–H groups in total. The van der Waals surface area contributed by atoms with Gasteiger partial charge in [0.1, 0.15) is 11.3 Å². The van der Waals surface area contributed by atoms with E-state index in [4.69, 9.17) is 4.42 Å². The van der Waals surface area contributed by atoms with Gasteiger partial charge in [0.2, 0.25) is 0 Å². The number of hydrazone groups is 1. The molecule has 0 atom stereocenters. The highest BCUT2D eigenvalue weighted by atomic mass is 79.9. The van der Waals surface area contributed by atoms with E-state index in [1.54, 1.807) is 44.2 Å². The molecule has 0 unspecified atom stereocenters. The number of nitrogens with zero attached hydrogens (tertiary/aromatic N) is 1. The third kappa shape index (κ3) is 3.33. The highest BCUT2D eigenvalue weighted by Crippen LogP contribution is 2.23. The van der Waals surface area contributed by atoms with Crippen LogP contribution < -0.4 is 5.43 Å². The molecule has 0 radical (unpaired) electrons. The van der Waals surface area contributed by atoms with Crippen molar-refractivity contribution in [2.24, 2.45) is 5.10 Å². The molecule has 24 heavy (non-hydrogen) atoms. The minimum atomic E-state index is -0.419. The number of hydrogen-bond acceptors (Lipinski definition) is 4. The maximum atomic E-state index is 12.2. The first-order valence-electron chi connectivity index (χ1n) is 7.28. The predicted octanol–water partition coefficient (Wildman–Crippen LogP) is 4.36. The Morgan fingerprint density at radius 2 is 2.00 bits per heavy atom. The van der Waals surface area contributed by atoms with Gasteiger partial charge in [0.05, 0.1) is 5.71 Å². The first-order chi connectivity index (χ1) is 11.4. The molecular weight excluding hydrogens is 372 g/mol. The Kier molecular flexibility index (Phi) is 4.40. The Morgan fingerprint density at radius 3 is 2.75 bits per heavy atom. The number of benzene rings is 2. The van der Waals surface area contributed by atoms with Crippen molar-refractivity contribution < 1.29 is 14.3 Å². The number of amides is 1. The van der Waals surface area contributed by atoms with Crippen LogP contribution >= 0.6 is 15.9 Å². The molecule has 1 heterocycles. The molecule has 0 saturated heterocycles. The van der Waals surface area contributed by atoms with E-state index < -0.39 is 5.91 Å². The fourth-order valence-electron chi connectivity index (χ4n) is 2.26. The van der Waals surface area contributed by atoms with Crippen LogP contribution in [0.25, 0.3) is 11.0 Å². The van der Waals surface area contributed by atoms with Crippen molar-refractivity contribution in [3.8, 4) is 5.75 Å². The number of rotatable bonds is 3. The molecule has 1 amide bonds. The van der Waals surface area contributed by atoms with Crippen LogP contribution in [0.3, 0.4) is 0 Å². The number of phenolic OH excluding ortho intramolecular Hbond substituents is 1. The second-order valence-electron chi connectivity index (χ2n) is 5.43. The van der Waals surface area contributed by atoms with E-state index in [0.29, 0.717) is 11.3 Å². The number of furan rings is 1. The maximum Gasteiger partial charge on any atom is 0.307 e. The van der Waals surface area contributed by atoms with Gasteiger partial charge in [-0.05, 0) is 67.4 Å². The van der Waals surface area contributed by atoms with Crippen molar-refractivity contribution in [1.29, 1.82) is 0 Å². The molecule has 0 aliphatic rings. The van der Waals surface area contributed by atoms with Crippen LogP contribution in [0.5, 0.6) is 5.75 Å². The fourth-order valence-corrected chi connectivity index (χ4v) is 2.64. The number of nitrogens with one attached hydrogen (secondary N) is 1. The fraction of sp³-hybridized carbons (Fsp3) is 0.111. The Hall–Kier alpha value is -2.60. The molecule has 122 valence electrons. The molecule has 5 nitrogen and oxygen atoms in total. The summed E-state index contributed by atoms with van der Waals surface area (Å²) >= 11 is 3.38. The molecule has 0 aliphatic carbocycles. The van der Waals surface area contributed by atoms with Crippen molar-refractivity contribution >= 4 is 38.5 Å². The molecule has 0 saturated carbocycles. The van der Waals surface area contributed by atoms with Crippen molar-refractivity contribution in [3.05, 3.63) is 63.8 Å². The molecule has 3 rings (SSSR count). The third-order valence-corrected chi connectivity index (χ3v) is 4.14. The van der Waals surface area contributed by atoms with Gasteiger partial charge in [-0.2, -0.15) is 5.10 Å². The summed E-state index contributed by atoms with van der Waals surface area (Å²) in [5, 5.41) is 14.5. The number of phenols is 1. The van der Waals surface area contributed by atoms with Crippen molar-refractivity contribution in [2.75, 3.05) is 0 Å². The van der Waals surface area contributed by atoms with Gasteiger partial charge in [-0.25, -0.2) is 5.43 Å². The number of aromatic hydroxyl groups is 1. The molecule has 1 aromatic heterocycles. The lowest BCUT2D eigenvalue weighted by Crippen LogP contribution is -2.18. The number of carbonyl (C=O) groups is 1. The lowest BCUT2D eigenvalue weighted by Gasteiger charge is -2.04. The van der Waals surface area contributed by atoms with E-state index in [2.05, 4.69) is 26.5 Å². The molecule has 0 fully saturated rings. The summed E-state index contributed by atoms with van der Waals surface area (Å²) in [4.78, 5) is 12.2. The highest BCUT2D eigenvalue weighted by molar-refractivity contribution is 9.10. The van der Waals surface area contributed by atoms with Gasteiger partial charge in [0.25, 0.3) is 0 Å². The predicted molar refractivity (Wildman–Crippen MR) is 96.4 cm³/mol. The van der Waals surface area contributed by atoms with Gasteiger partial charge in [-0.3, -0.25) is 4.79 Å². The summed E-state index contributed by atoms with van der Waals surface area (Å²) in [5.74, 6) is 0.00253. The van der Waals surface area contributed by atoms with Gasteiger partial charge < -0.3 is 9.52 Å². The third-order valence-electron chi connectivity index (χ3n) is 3.64. The number of carbonyl (C=O) groups excluding carboxylic acids is 1. The first kappa shape index (κ1) is 16.3. The molecular formula is C18H15BrN2O3. The SMILES string of the molecule is CC(=NNC(=O)c1cc2cc(Br)ccc2o1)c1ccc(O)c(C)c1. The van der Waals surface area contributed by atoms with Gasteiger partial charge >= 0.3 is 5.91 Å². The number of fused-ring (bicyclic) bond motifs is 1. The number of halogens is 1. The second kappa shape index (κ2) is 6.49. The smallest absolute Gasteiger partial charge is 0.307 e. The van der Waals surface area contributed by atoms with E-state index in [-0.39, 0.29) is 11.5 Å².